The van der Waals surface area contributed by atoms with E-state index in [4.69, 9.17) is 0 Å². The van der Waals surface area contributed by atoms with E-state index < -0.39 is 10.0 Å². The number of aliphatic imine (C=N–C) groups is 1. The Morgan fingerprint density at radius 1 is 1.09 bits per heavy atom. The van der Waals surface area contributed by atoms with Gasteiger partial charge in [0.05, 0.1) is 22.7 Å². The molecule has 4 rings (SSSR count). The second kappa shape index (κ2) is 9.88. The third-order valence-electron chi connectivity index (χ3n) is 5.95. The van der Waals surface area contributed by atoms with Crippen LogP contribution in [-0.4, -0.2) is 72.9 Å². The number of hydrogen-bond donors (Lipinski definition) is 3. The Kier molecular flexibility index (Phi) is 6.90. The monoisotopic (exact) mass is 497 g/mol. The number of carbonyl (C=O) groups is 2. The van der Waals surface area contributed by atoms with Gasteiger partial charge in [-0.2, -0.15) is 4.31 Å². The zero-order valence-electron chi connectivity index (χ0n) is 19.5. The number of likely N-dealkylation sites (N-methyl/N-ethyl adjacent to an activating group) is 2. The average Bonchev–Trinajstić information content (AvgIpc) is 3.16. The fraction of sp³-hybridized carbons (Fsp3) is 0.292. The highest BCUT2D eigenvalue weighted by Crippen LogP contribution is 2.30. The zero-order chi connectivity index (χ0) is 25.2. The Morgan fingerprint density at radius 3 is 2.66 bits per heavy atom. The van der Waals surface area contributed by atoms with E-state index in [1.807, 2.05) is 18.2 Å². The van der Waals surface area contributed by atoms with Gasteiger partial charge in [-0.05, 0) is 36.2 Å². The summed E-state index contributed by atoms with van der Waals surface area (Å²) < 4.78 is 27.1. The number of benzene rings is 2. The zero-order valence-corrected chi connectivity index (χ0v) is 20.3. The summed E-state index contributed by atoms with van der Waals surface area (Å²) in [6, 6.07) is 11.6. The second-order valence-electron chi connectivity index (χ2n) is 8.44. The molecule has 0 spiro atoms. The molecule has 3 aromatic rings. The SMILES string of the molecule is CN1CCCC(=O)NCc2cccc3[nH]c(O)c(c23)C=Nc2cccc(c2)S(=O)(=O)N(C)CC1=O. The van der Waals surface area contributed by atoms with Gasteiger partial charge in [0, 0.05) is 50.7 Å². The molecule has 2 amide bonds. The third-order valence-corrected chi connectivity index (χ3v) is 7.75. The number of sulfonamides is 1. The van der Waals surface area contributed by atoms with Gasteiger partial charge < -0.3 is 20.3 Å². The van der Waals surface area contributed by atoms with E-state index in [9.17, 15) is 23.1 Å². The van der Waals surface area contributed by atoms with Crippen LogP contribution in [0.25, 0.3) is 10.9 Å². The number of aromatic hydroxyl groups is 1. The van der Waals surface area contributed by atoms with Crippen molar-refractivity contribution in [3.05, 3.63) is 53.6 Å². The van der Waals surface area contributed by atoms with E-state index in [0.29, 0.717) is 35.1 Å². The van der Waals surface area contributed by atoms with Crippen LogP contribution < -0.4 is 5.32 Å². The summed E-state index contributed by atoms with van der Waals surface area (Å²) in [5.41, 5.74) is 2.26. The van der Waals surface area contributed by atoms with Crippen LogP contribution in [0.3, 0.4) is 0 Å². The van der Waals surface area contributed by atoms with Crippen molar-refractivity contribution < 1.29 is 23.1 Å². The van der Waals surface area contributed by atoms with Gasteiger partial charge in [0.25, 0.3) is 0 Å². The Morgan fingerprint density at radius 2 is 1.86 bits per heavy atom. The summed E-state index contributed by atoms with van der Waals surface area (Å²) >= 11 is 0. The van der Waals surface area contributed by atoms with Crippen molar-refractivity contribution in [3.8, 4) is 5.88 Å². The number of fused-ring (bicyclic) bond motifs is 2. The molecule has 1 aromatic heterocycles. The molecule has 1 aliphatic heterocycles. The molecule has 0 unspecified atom stereocenters. The first-order chi connectivity index (χ1) is 16.7. The number of nitrogens with zero attached hydrogens (tertiary/aromatic N) is 3. The highest BCUT2D eigenvalue weighted by Gasteiger charge is 2.25. The van der Waals surface area contributed by atoms with Crippen LogP contribution in [-0.2, 0) is 26.2 Å². The lowest BCUT2D eigenvalue weighted by atomic mass is 10.1. The molecule has 2 bridgehead atoms. The van der Waals surface area contributed by atoms with Gasteiger partial charge in [0.15, 0.2) is 5.88 Å². The molecule has 0 saturated carbocycles. The Labute approximate surface area is 203 Å². The number of nitrogens with one attached hydrogen (secondary N) is 2. The standard InChI is InChI=1S/C24H27N5O5S/c1-28-11-5-10-21(30)26-13-16-6-3-9-20-23(16)19(24(32)27-20)14-25-17-7-4-8-18(12-17)35(33,34)29(2)15-22(28)31/h3-4,6-9,12,14,27,32H,5,10-11,13,15H2,1-2H3,(H,26,30). The van der Waals surface area contributed by atoms with Crippen LogP contribution in [0.1, 0.15) is 24.0 Å². The lowest BCUT2D eigenvalue weighted by molar-refractivity contribution is -0.130. The molecule has 0 atom stereocenters. The molecule has 0 saturated heterocycles. The van der Waals surface area contributed by atoms with E-state index >= 15 is 0 Å². The van der Waals surface area contributed by atoms with Crippen molar-refractivity contribution in [2.45, 2.75) is 24.3 Å². The van der Waals surface area contributed by atoms with Gasteiger partial charge in [0.2, 0.25) is 21.8 Å². The maximum Gasteiger partial charge on any atom is 0.243 e. The third kappa shape index (κ3) is 5.20. The van der Waals surface area contributed by atoms with Gasteiger partial charge >= 0.3 is 0 Å². The van der Waals surface area contributed by atoms with Crippen LogP contribution in [0.5, 0.6) is 5.88 Å². The van der Waals surface area contributed by atoms with Gasteiger partial charge in [-0.1, -0.05) is 18.2 Å². The van der Waals surface area contributed by atoms with Crippen LogP contribution in [0.2, 0.25) is 0 Å². The average molecular weight is 498 g/mol. The van der Waals surface area contributed by atoms with E-state index in [0.717, 1.165) is 9.87 Å². The molecule has 2 aromatic carbocycles. The molecule has 1 aliphatic rings. The normalized spacial score (nSPS) is 18.1. The maximum atomic E-state index is 13.1. The summed E-state index contributed by atoms with van der Waals surface area (Å²) in [4.78, 5) is 33.7. The Balaban J connectivity index is 1.77. The van der Waals surface area contributed by atoms with Crippen molar-refractivity contribution in [1.82, 2.24) is 19.5 Å². The molecule has 35 heavy (non-hydrogen) atoms. The van der Waals surface area contributed by atoms with Crippen LogP contribution in [0.4, 0.5) is 5.69 Å². The Hall–Kier alpha value is -3.70. The lowest BCUT2D eigenvalue weighted by Gasteiger charge is -2.22. The molecule has 2 heterocycles. The van der Waals surface area contributed by atoms with Crippen LogP contribution in [0, 0.1) is 0 Å². The predicted octanol–water partition coefficient (Wildman–Crippen LogP) is 2.11. The fourth-order valence-corrected chi connectivity index (χ4v) is 5.09. The molecular weight excluding hydrogens is 470 g/mol. The van der Waals surface area contributed by atoms with Gasteiger partial charge in [-0.3, -0.25) is 14.6 Å². The number of amides is 2. The molecular formula is C24H27N5O5S. The first kappa shape index (κ1) is 24.4. The van der Waals surface area contributed by atoms with E-state index in [-0.39, 0.29) is 42.1 Å². The van der Waals surface area contributed by atoms with Gasteiger partial charge in [-0.25, -0.2) is 8.42 Å². The van der Waals surface area contributed by atoms with Crippen molar-refractivity contribution in [2.24, 2.45) is 4.99 Å². The second-order valence-corrected chi connectivity index (χ2v) is 10.5. The highest BCUT2D eigenvalue weighted by molar-refractivity contribution is 7.89. The molecule has 0 fully saturated rings. The summed E-state index contributed by atoms with van der Waals surface area (Å²) in [7, 11) is -1.02. The van der Waals surface area contributed by atoms with Gasteiger partial charge in [0.1, 0.15) is 0 Å². The van der Waals surface area contributed by atoms with Crippen molar-refractivity contribution in [1.29, 1.82) is 0 Å². The molecule has 0 aliphatic carbocycles. The van der Waals surface area contributed by atoms with Crippen LogP contribution >= 0.6 is 0 Å². The van der Waals surface area contributed by atoms with Crippen LogP contribution in [0.15, 0.2) is 52.4 Å². The van der Waals surface area contributed by atoms with Crippen molar-refractivity contribution in [3.63, 3.8) is 0 Å². The van der Waals surface area contributed by atoms with Crippen molar-refractivity contribution in [2.75, 3.05) is 27.2 Å². The molecule has 0 radical (unpaired) electrons. The van der Waals surface area contributed by atoms with Gasteiger partial charge in [-0.15, -0.1) is 0 Å². The summed E-state index contributed by atoms with van der Waals surface area (Å²) in [5.74, 6) is -0.630. The number of rotatable bonds is 0. The van der Waals surface area contributed by atoms with E-state index in [1.165, 1.54) is 30.3 Å². The molecule has 3 N–H and O–H groups in total. The first-order valence-corrected chi connectivity index (χ1v) is 12.5. The minimum Gasteiger partial charge on any atom is -0.494 e. The number of aromatic nitrogens is 1. The molecule has 184 valence electrons. The summed E-state index contributed by atoms with van der Waals surface area (Å²) in [5, 5.41) is 14.1. The molecule has 10 nitrogen and oxygen atoms in total. The minimum absolute atomic E-state index is 0.00153. The number of aromatic amines is 1. The quantitative estimate of drug-likeness (QED) is 0.437. The highest BCUT2D eigenvalue weighted by atomic mass is 32.2. The van der Waals surface area contributed by atoms with E-state index in [2.05, 4.69) is 15.3 Å². The Bertz CT molecular complexity index is 1410. The minimum atomic E-state index is -3.94. The summed E-state index contributed by atoms with van der Waals surface area (Å²) in [6.07, 6.45) is 2.10. The number of H-pyrrole nitrogens is 1. The summed E-state index contributed by atoms with van der Waals surface area (Å²) in [6.45, 7) is 0.236. The smallest absolute Gasteiger partial charge is 0.243 e. The lowest BCUT2D eigenvalue weighted by Crippen LogP contribution is -2.39. The largest absolute Gasteiger partial charge is 0.494 e. The predicted molar refractivity (Wildman–Crippen MR) is 132 cm³/mol. The van der Waals surface area contributed by atoms with E-state index in [1.54, 1.807) is 19.2 Å². The topological polar surface area (TPSA) is 135 Å². The molecule has 11 heteroatoms. The number of hydrogen-bond acceptors (Lipinski definition) is 6. The maximum absolute atomic E-state index is 13.1. The fourth-order valence-electron chi connectivity index (χ4n) is 3.93. The first-order valence-electron chi connectivity index (χ1n) is 11.1. The van der Waals surface area contributed by atoms with Crippen molar-refractivity contribution >= 4 is 44.6 Å². The number of carbonyl (C=O) groups excluding carboxylic acids is 2.